The first-order valence-electron chi connectivity index (χ1n) is 5.07. The Morgan fingerprint density at radius 1 is 1.41 bits per heavy atom. The van der Waals surface area contributed by atoms with Crippen LogP contribution in [0.3, 0.4) is 0 Å². The number of para-hydroxylation sites is 2. The zero-order valence-corrected chi connectivity index (χ0v) is 10.1. The minimum atomic E-state index is -3.73. The van der Waals surface area contributed by atoms with E-state index >= 15 is 0 Å². The first-order chi connectivity index (χ1) is 8.07. The molecule has 2 rings (SSSR count). The lowest BCUT2D eigenvalue weighted by atomic mass is 10.3. The molecule has 0 saturated carbocycles. The molecule has 0 amide bonds. The molecular formula is C10H12NO5P. The smallest absolute Gasteiger partial charge is 0.459 e. The quantitative estimate of drug-likeness (QED) is 0.652. The van der Waals surface area contributed by atoms with Gasteiger partial charge in [0.25, 0.3) is 0 Å². The number of ether oxygens (including phenoxy) is 1. The van der Waals surface area contributed by atoms with E-state index in [9.17, 15) is 9.36 Å². The molecule has 0 bridgehead atoms. The highest BCUT2D eigenvalue weighted by Crippen LogP contribution is 2.59. The summed E-state index contributed by atoms with van der Waals surface area (Å²) in [6.07, 6.45) is 0. The van der Waals surface area contributed by atoms with Crippen molar-refractivity contribution in [1.29, 1.82) is 0 Å². The molecule has 1 atom stereocenters. The minimum absolute atomic E-state index is 0.152. The van der Waals surface area contributed by atoms with Crippen molar-refractivity contribution in [2.45, 2.75) is 12.7 Å². The Morgan fingerprint density at radius 2 is 1.94 bits per heavy atom. The number of rotatable bonds is 3. The van der Waals surface area contributed by atoms with Gasteiger partial charge in [-0.15, -0.1) is 0 Å². The highest BCUT2D eigenvalue weighted by atomic mass is 31.2. The maximum atomic E-state index is 12.2. The minimum Gasteiger partial charge on any atom is -0.464 e. The number of carbonyl (C=O) groups excluding carboxylic acids is 1. The zero-order valence-electron chi connectivity index (χ0n) is 9.16. The number of hydrogen-bond acceptors (Lipinski definition) is 6. The summed E-state index contributed by atoms with van der Waals surface area (Å²) in [5.74, 6) is -1.61. The summed E-state index contributed by atoms with van der Waals surface area (Å²) in [7, 11) is -3.73. The van der Waals surface area contributed by atoms with Crippen molar-refractivity contribution < 1.29 is 23.1 Å². The van der Waals surface area contributed by atoms with Crippen molar-refractivity contribution in [3.63, 3.8) is 0 Å². The van der Waals surface area contributed by atoms with E-state index in [1.165, 1.54) is 0 Å². The van der Waals surface area contributed by atoms with E-state index in [2.05, 4.69) is 4.74 Å². The number of fused-ring (bicyclic) bond motifs is 1. The van der Waals surface area contributed by atoms with E-state index in [1.54, 1.807) is 31.2 Å². The van der Waals surface area contributed by atoms with Gasteiger partial charge in [0, 0.05) is 0 Å². The van der Waals surface area contributed by atoms with Gasteiger partial charge in [0.05, 0.1) is 6.61 Å². The van der Waals surface area contributed by atoms with Crippen LogP contribution in [0.1, 0.15) is 6.92 Å². The number of nitrogens with two attached hydrogens (primary N) is 1. The second-order valence-corrected chi connectivity index (χ2v) is 5.37. The van der Waals surface area contributed by atoms with Crippen LogP contribution < -0.4 is 14.8 Å². The fourth-order valence-electron chi connectivity index (χ4n) is 1.36. The first-order valence-corrected chi connectivity index (χ1v) is 6.68. The van der Waals surface area contributed by atoms with Crippen LogP contribution in [0, 0.1) is 0 Å². The SMILES string of the molecule is CCOC(=O)C(N)P1(=O)Oc2ccccc2O1. The van der Waals surface area contributed by atoms with E-state index in [4.69, 9.17) is 14.8 Å². The highest BCUT2D eigenvalue weighted by Gasteiger charge is 2.47. The van der Waals surface area contributed by atoms with Gasteiger partial charge in [0.1, 0.15) is 0 Å². The van der Waals surface area contributed by atoms with E-state index in [0.717, 1.165) is 0 Å². The number of carbonyl (C=O) groups is 1. The molecule has 0 aliphatic carbocycles. The summed E-state index contributed by atoms with van der Waals surface area (Å²) in [4.78, 5) is 11.4. The van der Waals surface area contributed by atoms with Crippen LogP contribution >= 0.6 is 7.60 Å². The van der Waals surface area contributed by atoms with Crippen LogP contribution in [0.25, 0.3) is 0 Å². The fourth-order valence-corrected chi connectivity index (χ4v) is 2.81. The molecule has 1 aliphatic heterocycles. The third-order valence-electron chi connectivity index (χ3n) is 2.17. The highest BCUT2D eigenvalue weighted by molar-refractivity contribution is 7.56. The van der Waals surface area contributed by atoms with Crippen molar-refractivity contribution in [2.24, 2.45) is 5.73 Å². The molecule has 17 heavy (non-hydrogen) atoms. The van der Waals surface area contributed by atoms with Crippen molar-refractivity contribution in [2.75, 3.05) is 6.61 Å². The Kier molecular flexibility index (Phi) is 3.09. The number of benzene rings is 1. The summed E-state index contributed by atoms with van der Waals surface area (Å²) in [5, 5.41) is 0. The zero-order chi connectivity index (χ0) is 12.5. The normalized spacial score (nSPS) is 17.5. The summed E-state index contributed by atoms with van der Waals surface area (Å²) < 4.78 is 27.2. The van der Waals surface area contributed by atoms with Gasteiger partial charge >= 0.3 is 13.6 Å². The molecule has 1 aromatic rings. The predicted octanol–water partition coefficient (Wildman–Crippen LogP) is 1.50. The fraction of sp³-hybridized carbons (Fsp3) is 0.300. The lowest BCUT2D eigenvalue weighted by Gasteiger charge is -2.15. The monoisotopic (exact) mass is 257 g/mol. The van der Waals surface area contributed by atoms with E-state index < -0.39 is 19.3 Å². The van der Waals surface area contributed by atoms with Gasteiger partial charge in [0.2, 0.25) is 5.78 Å². The lowest BCUT2D eigenvalue weighted by Crippen LogP contribution is -2.34. The molecular weight excluding hydrogens is 245 g/mol. The molecule has 2 N–H and O–H groups in total. The third kappa shape index (κ3) is 2.14. The molecule has 0 spiro atoms. The molecule has 6 nitrogen and oxygen atoms in total. The van der Waals surface area contributed by atoms with Gasteiger partial charge < -0.3 is 19.5 Å². The average molecular weight is 257 g/mol. The second kappa shape index (κ2) is 4.39. The van der Waals surface area contributed by atoms with Gasteiger partial charge in [-0.05, 0) is 19.1 Å². The average Bonchev–Trinajstić information content (AvgIpc) is 2.65. The van der Waals surface area contributed by atoms with Crippen molar-refractivity contribution >= 4 is 13.6 Å². The van der Waals surface area contributed by atoms with Crippen LogP contribution in [0.2, 0.25) is 0 Å². The summed E-state index contributed by atoms with van der Waals surface area (Å²) >= 11 is 0. The van der Waals surface area contributed by atoms with Crippen molar-refractivity contribution in [1.82, 2.24) is 0 Å². The van der Waals surface area contributed by atoms with E-state index in [1.807, 2.05) is 0 Å². The number of esters is 1. The molecule has 0 saturated heterocycles. The van der Waals surface area contributed by atoms with Crippen LogP contribution in [0.15, 0.2) is 24.3 Å². The second-order valence-electron chi connectivity index (χ2n) is 3.37. The third-order valence-corrected chi connectivity index (χ3v) is 3.96. The van der Waals surface area contributed by atoms with Gasteiger partial charge in [0.15, 0.2) is 11.5 Å². The molecule has 7 heteroatoms. The van der Waals surface area contributed by atoms with Gasteiger partial charge in [-0.1, -0.05) is 12.1 Å². The molecule has 0 fully saturated rings. The van der Waals surface area contributed by atoms with Crippen LogP contribution in [-0.4, -0.2) is 18.4 Å². The largest absolute Gasteiger partial charge is 0.464 e. The van der Waals surface area contributed by atoms with E-state index in [0.29, 0.717) is 11.5 Å². The molecule has 1 aliphatic rings. The van der Waals surface area contributed by atoms with Crippen LogP contribution in [0.5, 0.6) is 11.5 Å². The lowest BCUT2D eigenvalue weighted by molar-refractivity contribution is -0.142. The van der Waals surface area contributed by atoms with Gasteiger partial charge in [-0.3, -0.25) is 0 Å². The van der Waals surface area contributed by atoms with Crippen molar-refractivity contribution in [3.05, 3.63) is 24.3 Å². The van der Waals surface area contributed by atoms with Crippen molar-refractivity contribution in [3.8, 4) is 11.5 Å². The molecule has 0 radical (unpaired) electrons. The maximum Gasteiger partial charge on any atom is 0.459 e. The molecule has 1 aromatic carbocycles. The van der Waals surface area contributed by atoms with Gasteiger partial charge in [-0.2, -0.15) is 0 Å². The first kappa shape index (κ1) is 12.0. The molecule has 0 aromatic heterocycles. The Bertz CT molecular complexity index is 460. The van der Waals surface area contributed by atoms with Crippen LogP contribution in [-0.2, 0) is 14.1 Å². The summed E-state index contributed by atoms with van der Waals surface area (Å²) in [6, 6.07) is 6.58. The maximum absolute atomic E-state index is 12.2. The Hall–Kier alpha value is -1.52. The standard InChI is InChI=1S/C10H12NO5P/c1-2-14-10(12)9(11)17(13)15-7-5-3-4-6-8(7)16-17/h3-6,9H,2,11H2,1H3. The van der Waals surface area contributed by atoms with Crippen LogP contribution in [0.4, 0.5) is 0 Å². The number of hydrogen-bond donors (Lipinski definition) is 1. The summed E-state index contributed by atoms with van der Waals surface area (Å²) in [6.45, 7) is 1.78. The predicted molar refractivity (Wildman–Crippen MR) is 59.9 cm³/mol. The van der Waals surface area contributed by atoms with E-state index in [-0.39, 0.29) is 6.61 Å². The molecule has 1 heterocycles. The summed E-state index contributed by atoms with van der Waals surface area (Å²) in [5.41, 5.74) is 5.53. The topological polar surface area (TPSA) is 87.9 Å². The molecule has 1 unspecified atom stereocenters. The van der Waals surface area contributed by atoms with Gasteiger partial charge in [-0.25, -0.2) is 9.36 Å². The Balaban J connectivity index is 2.19. The Labute approximate surface area is 98.2 Å². The molecule has 92 valence electrons. The Morgan fingerprint density at radius 3 is 2.41 bits per heavy atom.